The van der Waals surface area contributed by atoms with Crippen molar-refractivity contribution in [2.45, 2.75) is 31.9 Å². The van der Waals surface area contributed by atoms with Gasteiger partial charge in [0.25, 0.3) is 5.91 Å². The summed E-state index contributed by atoms with van der Waals surface area (Å²) in [4.78, 5) is 14.3. The Hall–Kier alpha value is -1.46. The number of amides is 1. The van der Waals surface area contributed by atoms with E-state index >= 15 is 0 Å². The van der Waals surface area contributed by atoms with E-state index in [4.69, 9.17) is 9.47 Å². The predicted octanol–water partition coefficient (Wildman–Crippen LogP) is 2.09. The zero-order chi connectivity index (χ0) is 15.2. The number of methoxy groups -OCH3 is 1. The summed E-state index contributed by atoms with van der Waals surface area (Å²) < 4.78 is 10.8. The van der Waals surface area contributed by atoms with Crippen molar-refractivity contribution in [1.82, 2.24) is 10.2 Å². The maximum Gasteiger partial charge on any atom is 0.263 e. The van der Waals surface area contributed by atoms with E-state index in [0.717, 1.165) is 31.7 Å². The Morgan fingerprint density at radius 1 is 1.23 bits per heavy atom. The summed E-state index contributed by atoms with van der Waals surface area (Å²) in [5.41, 5.74) is 0. The fraction of sp³-hybridized carbons (Fsp3) is 0.562. The van der Waals surface area contributed by atoms with Crippen molar-refractivity contribution in [2.24, 2.45) is 0 Å². The minimum absolute atomic E-state index is 0. The summed E-state index contributed by atoms with van der Waals surface area (Å²) in [6, 6.07) is 7.58. The number of rotatable bonds is 5. The molecule has 1 aliphatic heterocycles. The van der Waals surface area contributed by atoms with Crippen LogP contribution < -0.4 is 14.8 Å². The highest BCUT2D eigenvalue weighted by Gasteiger charge is 2.26. The molecule has 1 aliphatic rings. The molecule has 2 rings (SSSR count). The van der Waals surface area contributed by atoms with Gasteiger partial charge in [0.15, 0.2) is 6.10 Å². The largest absolute Gasteiger partial charge is 0.497 e. The predicted molar refractivity (Wildman–Crippen MR) is 89.0 cm³/mol. The van der Waals surface area contributed by atoms with Crippen LogP contribution in [0, 0.1) is 0 Å². The number of nitrogens with one attached hydrogen (secondary N) is 1. The number of halogens is 1. The molecular formula is C16H25ClN2O3. The summed E-state index contributed by atoms with van der Waals surface area (Å²) in [6.07, 6.45) is 1.51. The lowest BCUT2D eigenvalue weighted by Crippen LogP contribution is -2.48. The maximum absolute atomic E-state index is 12.4. The zero-order valence-electron chi connectivity index (χ0n) is 13.4. The molecule has 1 aromatic rings. The van der Waals surface area contributed by atoms with Crippen LogP contribution in [0.3, 0.4) is 0 Å². The van der Waals surface area contributed by atoms with E-state index in [9.17, 15) is 4.79 Å². The van der Waals surface area contributed by atoms with E-state index < -0.39 is 6.10 Å². The minimum Gasteiger partial charge on any atom is -0.497 e. The first kappa shape index (κ1) is 18.6. The average molecular weight is 329 g/mol. The van der Waals surface area contributed by atoms with Crippen molar-refractivity contribution in [1.29, 1.82) is 0 Å². The molecule has 1 aromatic carbocycles. The molecule has 5 nitrogen and oxygen atoms in total. The number of nitrogens with zero attached hydrogens (tertiary/aromatic N) is 1. The molecule has 124 valence electrons. The fourth-order valence-corrected chi connectivity index (χ4v) is 2.57. The monoisotopic (exact) mass is 328 g/mol. The van der Waals surface area contributed by atoms with E-state index in [-0.39, 0.29) is 18.3 Å². The molecule has 22 heavy (non-hydrogen) atoms. The third-order valence-electron chi connectivity index (χ3n) is 3.92. The highest BCUT2D eigenvalue weighted by molar-refractivity contribution is 5.85. The van der Waals surface area contributed by atoms with Crippen LogP contribution in [0.25, 0.3) is 0 Å². The number of carbonyl (C=O) groups excluding carboxylic acids is 1. The second-order valence-corrected chi connectivity index (χ2v) is 5.37. The molecule has 1 amide bonds. The SMILES string of the molecule is COc1ccc(OC(C)C(=O)N(C)C2CCNCC2)cc1.Cl. The fourth-order valence-electron chi connectivity index (χ4n) is 2.57. The molecule has 6 heteroatoms. The first-order valence-electron chi connectivity index (χ1n) is 7.40. The van der Waals surface area contributed by atoms with Crippen molar-refractivity contribution in [3.63, 3.8) is 0 Å². The lowest BCUT2D eigenvalue weighted by Gasteiger charge is -2.33. The maximum atomic E-state index is 12.4. The number of hydrogen-bond acceptors (Lipinski definition) is 4. The first-order valence-corrected chi connectivity index (χ1v) is 7.40. The smallest absolute Gasteiger partial charge is 0.263 e. The number of ether oxygens (including phenoxy) is 2. The second kappa shape index (κ2) is 8.86. The molecule has 0 spiro atoms. The van der Waals surface area contributed by atoms with Gasteiger partial charge in [0.2, 0.25) is 0 Å². The molecule has 0 saturated carbocycles. The lowest BCUT2D eigenvalue weighted by atomic mass is 10.0. The van der Waals surface area contributed by atoms with Gasteiger partial charge in [-0.05, 0) is 57.1 Å². The molecule has 1 saturated heterocycles. The summed E-state index contributed by atoms with van der Waals surface area (Å²) >= 11 is 0. The van der Waals surface area contributed by atoms with Gasteiger partial charge in [-0.2, -0.15) is 0 Å². The Balaban J connectivity index is 0.00000242. The van der Waals surface area contributed by atoms with Crippen molar-refractivity contribution >= 4 is 18.3 Å². The van der Waals surface area contributed by atoms with Gasteiger partial charge in [0, 0.05) is 13.1 Å². The van der Waals surface area contributed by atoms with E-state index in [2.05, 4.69) is 5.32 Å². The molecule has 1 unspecified atom stereocenters. The van der Waals surface area contributed by atoms with Crippen molar-refractivity contribution in [2.75, 3.05) is 27.2 Å². The second-order valence-electron chi connectivity index (χ2n) is 5.37. The normalized spacial score (nSPS) is 16.3. The Morgan fingerprint density at radius 2 is 1.77 bits per heavy atom. The molecule has 0 bridgehead atoms. The Kier molecular flexibility index (Phi) is 7.48. The zero-order valence-corrected chi connectivity index (χ0v) is 14.2. The van der Waals surface area contributed by atoms with Gasteiger partial charge >= 0.3 is 0 Å². The van der Waals surface area contributed by atoms with E-state index in [1.807, 2.05) is 36.2 Å². The van der Waals surface area contributed by atoms with Crippen LogP contribution in [-0.2, 0) is 4.79 Å². The van der Waals surface area contributed by atoms with Crippen LogP contribution in [0.2, 0.25) is 0 Å². The van der Waals surface area contributed by atoms with Gasteiger partial charge in [-0.25, -0.2) is 0 Å². The highest BCUT2D eigenvalue weighted by Crippen LogP contribution is 2.19. The molecule has 0 radical (unpaired) electrons. The first-order chi connectivity index (χ1) is 10.1. The van der Waals surface area contributed by atoms with Crippen LogP contribution in [0.15, 0.2) is 24.3 Å². The van der Waals surface area contributed by atoms with Crippen LogP contribution >= 0.6 is 12.4 Å². The van der Waals surface area contributed by atoms with Crippen LogP contribution in [-0.4, -0.2) is 50.2 Å². The van der Waals surface area contributed by atoms with Gasteiger partial charge in [-0.15, -0.1) is 12.4 Å². The standard InChI is InChI=1S/C16H24N2O3.ClH/c1-12(21-15-6-4-14(20-3)5-7-15)16(19)18(2)13-8-10-17-11-9-13;/h4-7,12-13,17H,8-11H2,1-3H3;1H. The Morgan fingerprint density at radius 3 is 2.32 bits per heavy atom. The molecule has 1 atom stereocenters. The third-order valence-corrected chi connectivity index (χ3v) is 3.92. The van der Waals surface area contributed by atoms with Gasteiger partial charge in [0.05, 0.1) is 7.11 Å². The average Bonchev–Trinajstić information content (AvgIpc) is 2.55. The number of likely N-dealkylation sites (N-methyl/N-ethyl adjacent to an activating group) is 1. The number of carbonyl (C=O) groups is 1. The van der Waals surface area contributed by atoms with Crippen molar-refractivity contribution < 1.29 is 14.3 Å². The van der Waals surface area contributed by atoms with Gasteiger partial charge < -0.3 is 19.7 Å². The van der Waals surface area contributed by atoms with Crippen molar-refractivity contribution in [3.05, 3.63) is 24.3 Å². The summed E-state index contributed by atoms with van der Waals surface area (Å²) in [5.74, 6) is 1.47. The van der Waals surface area contributed by atoms with E-state index in [0.29, 0.717) is 11.8 Å². The minimum atomic E-state index is -0.488. The van der Waals surface area contributed by atoms with Gasteiger partial charge in [-0.1, -0.05) is 0 Å². The van der Waals surface area contributed by atoms with Crippen LogP contribution in [0.5, 0.6) is 11.5 Å². The molecule has 1 N–H and O–H groups in total. The summed E-state index contributed by atoms with van der Waals surface area (Å²) in [7, 11) is 3.49. The van der Waals surface area contributed by atoms with E-state index in [1.54, 1.807) is 14.0 Å². The van der Waals surface area contributed by atoms with Gasteiger partial charge in [-0.3, -0.25) is 4.79 Å². The molecular weight excluding hydrogens is 304 g/mol. The highest BCUT2D eigenvalue weighted by atomic mass is 35.5. The van der Waals surface area contributed by atoms with Gasteiger partial charge in [0.1, 0.15) is 11.5 Å². The lowest BCUT2D eigenvalue weighted by molar-refractivity contribution is -0.139. The summed E-state index contributed by atoms with van der Waals surface area (Å²) in [5, 5.41) is 3.31. The Labute approximate surface area is 138 Å². The van der Waals surface area contributed by atoms with Crippen LogP contribution in [0.1, 0.15) is 19.8 Å². The third kappa shape index (κ3) is 4.78. The Bertz CT molecular complexity index is 461. The number of benzene rings is 1. The summed E-state index contributed by atoms with van der Waals surface area (Å²) in [6.45, 7) is 3.73. The quantitative estimate of drug-likeness (QED) is 0.899. The topological polar surface area (TPSA) is 50.8 Å². The molecule has 1 heterocycles. The molecule has 0 aliphatic carbocycles. The van der Waals surface area contributed by atoms with Crippen molar-refractivity contribution in [3.8, 4) is 11.5 Å². The molecule has 1 fully saturated rings. The number of hydrogen-bond donors (Lipinski definition) is 1. The van der Waals surface area contributed by atoms with Crippen LogP contribution in [0.4, 0.5) is 0 Å². The number of piperidine rings is 1. The molecule has 0 aromatic heterocycles. The van der Waals surface area contributed by atoms with E-state index in [1.165, 1.54) is 0 Å².